The highest BCUT2D eigenvalue weighted by atomic mass is 19.4. The number of fused-ring (bicyclic) bond motifs is 2. The number of benzene rings is 2. The van der Waals surface area contributed by atoms with Gasteiger partial charge in [-0.2, -0.15) is 13.2 Å². The Balaban J connectivity index is 1.51. The third-order valence-electron chi connectivity index (χ3n) is 7.65. The Labute approximate surface area is 223 Å². The van der Waals surface area contributed by atoms with E-state index in [1.54, 1.807) is 0 Å². The summed E-state index contributed by atoms with van der Waals surface area (Å²) in [4.78, 5) is 13.9. The van der Waals surface area contributed by atoms with E-state index in [4.69, 9.17) is 9.72 Å². The third-order valence-corrected chi connectivity index (χ3v) is 7.65. The Morgan fingerprint density at radius 1 is 1.15 bits per heavy atom. The Hall–Kier alpha value is -4.08. The molecule has 2 aromatic carbocycles. The molecule has 2 aliphatic rings. The molecule has 2 N–H and O–H groups in total. The second kappa shape index (κ2) is 9.59. The van der Waals surface area contributed by atoms with Gasteiger partial charge < -0.3 is 19.7 Å². The molecule has 1 saturated carbocycles. The van der Waals surface area contributed by atoms with E-state index in [0.717, 1.165) is 48.3 Å². The second-order valence-corrected chi connectivity index (χ2v) is 10.3. The van der Waals surface area contributed by atoms with Gasteiger partial charge in [0, 0.05) is 24.6 Å². The van der Waals surface area contributed by atoms with Crippen LogP contribution in [0.15, 0.2) is 49.0 Å². The lowest BCUT2D eigenvalue weighted by atomic mass is 9.80. The van der Waals surface area contributed by atoms with Crippen molar-refractivity contribution >= 4 is 22.7 Å². The maximum absolute atomic E-state index is 13.2. The van der Waals surface area contributed by atoms with E-state index in [-0.39, 0.29) is 24.2 Å². The summed E-state index contributed by atoms with van der Waals surface area (Å²) in [6, 6.07) is 11.1. The van der Waals surface area contributed by atoms with Crippen molar-refractivity contribution in [1.29, 1.82) is 0 Å². The number of anilines is 1. The first-order valence-corrected chi connectivity index (χ1v) is 13.0. The van der Waals surface area contributed by atoms with Crippen molar-refractivity contribution < 1.29 is 23.0 Å². The van der Waals surface area contributed by atoms with Gasteiger partial charge in [-0.3, -0.25) is 0 Å². The number of aromatic nitrogens is 4. The van der Waals surface area contributed by atoms with Gasteiger partial charge in [-0.05, 0) is 67.1 Å². The van der Waals surface area contributed by atoms with Crippen molar-refractivity contribution in [2.24, 2.45) is 5.92 Å². The molecule has 0 saturated heterocycles. The predicted molar refractivity (Wildman–Crippen MR) is 143 cm³/mol. The highest BCUT2D eigenvalue weighted by molar-refractivity contribution is 5.88. The van der Waals surface area contributed by atoms with Gasteiger partial charge in [-0.25, -0.2) is 15.0 Å². The minimum Gasteiger partial charge on any atom is -0.505 e. The zero-order valence-electron chi connectivity index (χ0n) is 21.4. The van der Waals surface area contributed by atoms with Gasteiger partial charge in [0.25, 0.3) is 0 Å². The Bertz CT molecular complexity index is 1560. The number of rotatable bonds is 7. The number of hydrogen-bond acceptors (Lipinski definition) is 6. The van der Waals surface area contributed by atoms with E-state index in [1.807, 2.05) is 22.8 Å². The number of nitrogens with one attached hydrogen (secondary N) is 1. The molecule has 0 spiro atoms. The predicted octanol–water partition coefficient (Wildman–Crippen LogP) is 6.62. The fourth-order valence-electron chi connectivity index (χ4n) is 5.22. The zero-order valence-corrected chi connectivity index (χ0v) is 21.4. The number of nitrogens with zero attached hydrogens (tertiary/aromatic N) is 4. The number of ether oxygens (including phenoxy) is 1. The molecule has 0 amide bonds. The van der Waals surface area contributed by atoms with Crippen LogP contribution in [0.5, 0.6) is 5.75 Å². The molecule has 3 heterocycles. The molecule has 7 nitrogen and oxygen atoms in total. The van der Waals surface area contributed by atoms with E-state index in [9.17, 15) is 18.3 Å². The van der Waals surface area contributed by atoms with Crippen molar-refractivity contribution in [3.8, 4) is 17.1 Å². The van der Waals surface area contributed by atoms with Gasteiger partial charge in [-0.1, -0.05) is 25.1 Å². The fraction of sp³-hybridized carbons (Fsp3) is 0.345. The molecular weight excluding hydrogens is 507 g/mol. The Kier molecular flexibility index (Phi) is 6.20. The van der Waals surface area contributed by atoms with Gasteiger partial charge in [0.05, 0.1) is 12.2 Å². The zero-order chi connectivity index (χ0) is 27.3. The van der Waals surface area contributed by atoms with Crippen molar-refractivity contribution in [3.05, 3.63) is 71.6 Å². The van der Waals surface area contributed by atoms with Gasteiger partial charge >= 0.3 is 6.18 Å². The summed E-state index contributed by atoms with van der Waals surface area (Å²) in [5, 5.41) is 13.7. The van der Waals surface area contributed by atoms with Gasteiger partial charge in [-0.15, -0.1) is 0 Å². The lowest BCUT2D eigenvalue weighted by Gasteiger charge is -2.32. The van der Waals surface area contributed by atoms with Crippen LogP contribution in [0, 0.1) is 5.92 Å². The molecule has 10 heteroatoms. The first kappa shape index (κ1) is 25.2. The third kappa shape index (κ3) is 4.79. The van der Waals surface area contributed by atoms with Crippen molar-refractivity contribution in [2.75, 3.05) is 11.9 Å². The Morgan fingerprint density at radius 2 is 1.92 bits per heavy atom. The number of imidazole rings is 1. The van der Waals surface area contributed by atoms with Crippen LogP contribution in [-0.2, 0) is 19.1 Å². The fourth-order valence-corrected chi connectivity index (χ4v) is 5.22. The van der Waals surface area contributed by atoms with Crippen LogP contribution in [0.4, 0.5) is 19.0 Å². The minimum atomic E-state index is -4.41. The van der Waals surface area contributed by atoms with E-state index >= 15 is 0 Å². The van der Waals surface area contributed by atoms with Crippen LogP contribution in [0.2, 0.25) is 0 Å². The summed E-state index contributed by atoms with van der Waals surface area (Å²) in [7, 11) is 0. The second-order valence-electron chi connectivity index (χ2n) is 10.3. The van der Waals surface area contributed by atoms with Crippen LogP contribution in [0.25, 0.3) is 28.3 Å². The lowest BCUT2D eigenvalue weighted by Crippen LogP contribution is -2.31. The Morgan fingerprint density at radius 3 is 2.59 bits per heavy atom. The largest absolute Gasteiger partial charge is 0.505 e. The van der Waals surface area contributed by atoms with Gasteiger partial charge in [0.2, 0.25) is 0 Å². The molecule has 1 aliphatic heterocycles. The van der Waals surface area contributed by atoms with E-state index in [1.165, 1.54) is 18.6 Å². The lowest BCUT2D eigenvalue weighted by molar-refractivity contribution is -0.137. The summed E-state index contributed by atoms with van der Waals surface area (Å²) in [5.41, 5.74) is 2.82. The SMILES string of the molecule is C=C(O)c1nc(NC(C)C2CCC2)c2c(n1)nc(-c1ccc3c(c1)CCO3)n2Cc1ccc(C(F)(F)F)cc1. The number of aliphatic hydroxyl groups is 1. The average Bonchev–Trinajstić information content (AvgIpc) is 3.47. The standard InChI is InChI=1S/C29H28F3N5O2/c1-16(19-4-3-5-19)33-26-24-27(35-25(34-26)17(2)38)36-28(21-8-11-23-20(14-21)12-13-39-23)37(24)15-18-6-9-22(10-7-18)29(30,31)32/h6-11,14,16,19,38H,2-5,12-13,15H2,1H3,(H,33,34,35). The minimum absolute atomic E-state index is 0.0684. The summed E-state index contributed by atoms with van der Waals surface area (Å²) < 4.78 is 47.2. The van der Waals surface area contributed by atoms with Crippen LogP contribution < -0.4 is 10.1 Å². The first-order chi connectivity index (χ1) is 18.7. The molecule has 202 valence electrons. The summed E-state index contributed by atoms with van der Waals surface area (Å²) in [5.74, 6) is 2.22. The smallest absolute Gasteiger partial charge is 0.416 e. The molecule has 1 fully saturated rings. The van der Waals surface area contributed by atoms with Crippen LogP contribution in [0.3, 0.4) is 0 Å². The van der Waals surface area contributed by atoms with Gasteiger partial charge in [0.15, 0.2) is 23.0 Å². The first-order valence-electron chi connectivity index (χ1n) is 13.0. The van der Waals surface area contributed by atoms with E-state index in [2.05, 4.69) is 28.8 Å². The molecule has 6 rings (SSSR count). The van der Waals surface area contributed by atoms with Crippen molar-refractivity contribution in [3.63, 3.8) is 0 Å². The highest BCUT2D eigenvalue weighted by Gasteiger charge is 2.30. The molecule has 1 atom stereocenters. The molecular formula is C29H28F3N5O2. The summed E-state index contributed by atoms with van der Waals surface area (Å²) >= 11 is 0. The number of alkyl halides is 3. The van der Waals surface area contributed by atoms with Crippen LogP contribution >= 0.6 is 0 Å². The molecule has 4 aromatic rings. The number of halogens is 3. The van der Waals surface area contributed by atoms with Crippen molar-refractivity contribution in [2.45, 2.75) is 51.4 Å². The summed E-state index contributed by atoms with van der Waals surface area (Å²) in [6.45, 7) is 6.56. The molecule has 0 radical (unpaired) electrons. The molecule has 2 aromatic heterocycles. The number of hydrogen-bond donors (Lipinski definition) is 2. The molecule has 39 heavy (non-hydrogen) atoms. The topological polar surface area (TPSA) is 85.1 Å². The van der Waals surface area contributed by atoms with E-state index in [0.29, 0.717) is 40.9 Å². The van der Waals surface area contributed by atoms with Gasteiger partial charge in [0.1, 0.15) is 17.1 Å². The number of aliphatic hydroxyl groups excluding tert-OH is 1. The monoisotopic (exact) mass is 535 g/mol. The highest BCUT2D eigenvalue weighted by Crippen LogP contribution is 2.36. The molecule has 1 unspecified atom stereocenters. The quantitative estimate of drug-likeness (QED) is 0.259. The molecule has 0 bridgehead atoms. The summed E-state index contributed by atoms with van der Waals surface area (Å²) in [6.07, 6.45) is -0.205. The van der Waals surface area contributed by atoms with Crippen LogP contribution in [0.1, 0.15) is 48.7 Å². The molecule has 1 aliphatic carbocycles. The normalized spacial score (nSPS) is 16.0. The van der Waals surface area contributed by atoms with Crippen LogP contribution in [-0.4, -0.2) is 37.3 Å². The van der Waals surface area contributed by atoms with E-state index < -0.39 is 11.7 Å². The maximum Gasteiger partial charge on any atom is 0.416 e. The van der Waals surface area contributed by atoms with Crippen molar-refractivity contribution in [1.82, 2.24) is 19.5 Å². The maximum atomic E-state index is 13.2. The average molecular weight is 536 g/mol.